The lowest BCUT2D eigenvalue weighted by Crippen LogP contribution is -2.34. The van der Waals surface area contributed by atoms with E-state index in [0.717, 1.165) is 5.75 Å². The summed E-state index contributed by atoms with van der Waals surface area (Å²) in [6, 6.07) is 16.1. The smallest absolute Gasteiger partial charge is 0.242 e. The van der Waals surface area contributed by atoms with Crippen LogP contribution in [-0.2, 0) is 10.0 Å². The van der Waals surface area contributed by atoms with Crippen LogP contribution in [0.25, 0.3) is 0 Å². The van der Waals surface area contributed by atoms with Crippen LogP contribution in [0.3, 0.4) is 0 Å². The summed E-state index contributed by atoms with van der Waals surface area (Å²) in [4.78, 5) is 2.05. The normalized spacial score (nSPS) is 11.2. The number of para-hydroxylation sites is 1. The van der Waals surface area contributed by atoms with Crippen molar-refractivity contribution in [3.63, 3.8) is 0 Å². The lowest BCUT2D eigenvalue weighted by Gasteiger charge is -2.21. The Balaban J connectivity index is 1.92. The van der Waals surface area contributed by atoms with Crippen LogP contribution < -0.4 is 10.1 Å². The van der Waals surface area contributed by atoms with Crippen molar-refractivity contribution in [3.8, 4) is 5.75 Å². The van der Waals surface area contributed by atoms with Crippen molar-refractivity contribution in [1.82, 2.24) is 9.21 Å². The fourth-order valence-electron chi connectivity index (χ4n) is 2.08. The second-order valence-electron chi connectivity index (χ2n) is 5.83. The maximum Gasteiger partial charge on any atom is 0.242 e. The minimum Gasteiger partial charge on any atom is -0.492 e. The van der Waals surface area contributed by atoms with Crippen LogP contribution in [0.4, 0.5) is 5.69 Å². The van der Waals surface area contributed by atoms with Gasteiger partial charge in [-0.25, -0.2) is 12.7 Å². The van der Waals surface area contributed by atoms with Gasteiger partial charge in [-0.2, -0.15) is 0 Å². The van der Waals surface area contributed by atoms with Crippen LogP contribution in [0.15, 0.2) is 59.5 Å². The first-order valence-electron chi connectivity index (χ1n) is 8.03. The van der Waals surface area contributed by atoms with E-state index in [-0.39, 0.29) is 4.90 Å². The zero-order valence-electron chi connectivity index (χ0n) is 15.0. The number of anilines is 1. The molecule has 0 aliphatic heterocycles. The molecule has 0 aromatic heterocycles. The summed E-state index contributed by atoms with van der Waals surface area (Å²) in [5, 5.41) is 3.55. The van der Waals surface area contributed by atoms with E-state index in [2.05, 4.69) is 5.32 Å². The highest BCUT2D eigenvalue weighted by Gasteiger charge is 2.17. The molecule has 0 saturated heterocycles. The lowest BCUT2D eigenvalue weighted by atomic mass is 10.3. The van der Waals surface area contributed by atoms with Gasteiger partial charge in [-0.05, 0) is 42.5 Å². The molecular formula is C18H23N3O3S2. The number of nitrogens with zero attached hydrogens (tertiary/aromatic N) is 2. The lowest BCUT2D eigenvalue weighted by molar-refractivity contribution is 0.285. The summed E-state index contributed by atoms with van der Waals surface area (Å²) in [7, 11) is 1.37. The van der Waals surface area contributed by atoms with Crippen LogP contribution in [-0.4, -0.2) is 57.0 Å². The van der Waals surface area contributed by atoms with Crippen LogP contribution in [0.1, 0.15) is 0 Å². The molecule has 0 bridgehead atoms. The highest BCUT2D eigenvalue weighted by Crippen LogP contribution is 2.18. The number of likely N-dealkylation sites (N-methyl/N-ethyl adjacent to an activating group) is 1. The van der Waals surface area contributed by atoms with Gasteiger partial charge in [-0.1, -0.05) is 24.3 Å². The van der Waals surface area contributed by atoms with E-state index >= 15 is 0 Å². The number of hydrogen-bond donors (Lipinski definition) is 1. The largest absolute Gasteiger partial charge is 0.492 e. The zero-order chi connectivity index (χ0) is 19.2. The molecule has 1 N–H and O–H groups in total. The number of nitrogens with one attached hydrogen (secondary N) is 1. The maximum atomic E-state index is 12.2. The Labute approximate surface area is 160 Å². The third-order valence-corrected chi connectivity index (χ3v) is 5.87. The number of ether oxygens (including phenoxy) is 1. The van der Waals surface area contributed by atoms with Gasteiger partial charge in [-0.3, -0.25) is 0 Å². The highest BCUT2D eigenvalue weighted by molar-refractivity contribution is 7.89. The quantitative estimate of drug-likeness (QED) is 0.730. The van der Waals surface area contributed by atoms with Gasteiger partial charge in [0.15, 0.2) is 5.11 Å². The Morgan fingerprint density at radius 1 is 1.08 bits per heavy atom. The first-order valence-corrected chi connectivity index (χ1v) is 9.88. The first-order chi connectivity index (χ1) is 12.3. The van der Waals surface area contributed by atoms with Gasteiger partial charge in [0, 0.05) is 26.8 Å². The summed E-state index contributed by atoms with van der Waals surface area (Å²) in [5.41, 5.74) is 0.619. The number of thiocarbonyl (C=S) groups is 1. The van der Waals surface area contributed by atoms with E-state index in [0.29, 0.717) is 24.0 Å². The zero-order valence-corrected chi connectivity index (χ0v) is 16.7. The molecule has 2 rings (SSSR count). The average Bonchev–Trinajstić information content (AvgIpc) is 2.62. The Morgan fingerprint density at radius 2 is 1.77 bits per heavy atom. The van der Waals surface area contributed by atoms with Gasteiger partial charge < -0.3 is 15.0 Å². The second-order valence-corrected chi connectivity index (χ2v) is 8.37. The van der Waals surface area contributed by atoms with Crippen molar-refractivity contribution in [3.05, 3.63) is 54.6 Å². The van der Waals surface area contributed by atoms with Crippen molar-refractivity contribution in [1.29, 1.82) is 0 Å². The molecule has 0 aliphatic carbocycles. The van der Waals surface area contributed by atoms with Crippen molar-refractivity contribution in [2.24, 2.45) is 0 Å². The van der Waals surface area contributed by atoms with E-state index in [9.17, 15) is 8.42 Å². The van der Waals surface area contributed by atoms with E-state index in [1.165, 1.54) is 18.4 Å². The molecular weight excluding hydrogens is 370 g/mol. The van der Waals surface area contributed by atoms with Crippen LogP contribution in [0, 0.1) is 0 Å². The molecule has 0 atom stereocenters. The summed E-state index contributed by atoms with van der Waals surface area (Å²) >= 11 is 5.38. The van der Waals surface area contributed by atoms with Crippen LogP contribution in [0.2, 0.25) is 0 Å². The van der Waals surface area contributed by atoms with Gasteiger partial charge >= 0.3 is 0 Å². The van der Waals surface area contributed by atoms with E-state index < -0.39 is 10.0 Å². The van der Waals surface area contributed by atoms with Gasteiger partial charge in [0.25, 0.3) is 0 Å². The maximum absolute atomic E-state index is 12.2. The highest BCUT2D eigenvalue weighted by atomic mass is 32.2. The van der Waals surface area contributed by atoms with Gasteiger partial charge in [0.1, 0.15) is 12.4 Å². The van der Waals surface area contributed by atoms with Crippen molar-refractivity contribution < 1.29 is 13.2 Å². The standard InChI is InChI=1S/C18H23N3O3S2/c1-20(2)26(22,23)17-11-7-8-15(14-17)19-18(25)21(3)12-13-24-16-9-5-4-6-10-16/h4-11,14H,12-13H2,1-3H3,(H,19,25). The molecule has 26 heavy (non-hydrogen) atoms. The molecule has 140 valence electrons. The predicted molar refractivity (Wildman–Crippen MR) is 108 cm³/mol. The summed E-state index contributed by atoms with van der Waals surface area (Å²) in [5.74, 6) is 0.807. The number of benzene rings is 2. The van der Waals surface area contributed by atoms with Crippen molar-refractivity contribution >= 4 is 33.0 Å². The second kappa shape index (κ2) is 8.98. The molecule has 0 fully saturated rings. The van der Waals surface area contributed by atoms with E-state index in [4.69, 9.17) is 17.0 Å². The Bertz CT molecular complexity index is 840. The molecule has 0 radical (unpaired) electrons. The molecule has 0 unspecified atom stereocenters. The van der Waals surface area contributed by atoms with E-state index in [1.54, 1.807) is 24.3 Å². The van der Waals surface area contributed by atoms with Crippen LogP contribution >= 0.6 is 12.2 Å². The minimum atomic E-state index is -3.48. The Hall–Kier alpha value is -2.16. The van der Waals surface area contributed by atoms with Crippen LogP contribution in [0.5, 0.6) is 5.75 Å². The van der Waals surface area contributed by atoms with Crippen molar-refractivity contribution in [2.45, 2.75) is 4.90 Å². The number of hydrogen-bond acceptors (Lipinski definition) is 4. The molecule has 0 amide bonds. The number of sulfonamides is 1. The molecule has 2 aromatic rings. The fourth-order valence-corrected chi connectivity index (χ4v) is 3.24. The fraction of sp³-hybridized carbons (Fsp3) is 0.278. The number of rotatable bonds is 7. The molecule has 8 heteroatoms. The SMILES string of the molecule is CN(CCOc1ccccc1)C(=S)Nc1cccc(S(=O)(=O)N(C)C)c1. The third kappa shape index (κ3) is 5.42. The third-order valence-electron chi connectivity index (χ3n) is 3.65. The van der Waals surface area contributed by atoms with E-state index in [1.807, 2.05) is 42.3 Å². The summed E-state index contributed by atoms with van der Waals surface area (Å²) in [6.07, 6.45) is 0. The molecule has 0 aliphatic rings. The molecule has 2 aromatic carbocycles. The molecule has 0 spiro atoms. The first kappa shape index (κ1) is 20.2. The average molecular weight is 394 g/mol. The minimum absolute atomic E-state index is 0.213. The van der Waals surface area contributed by atoms with Crippen molar-refractivity contribution in [2.75, 3.05) is 39.6 Å². The van der Waals surface area contributed by atoms with Gasteiger partial charge in [-0.15, -0.1) is 0 Å². The monoisotopic (exact) mass is 393 g/mol. The molecule has 0 heterocycles. The predicted octanol–water partition coefficient (Wildman–Crippen LogP) is 2.64. The molecule has 6 nitrogen and oxygen atoms in total. The van der Waals surface area contributed by atoms with Gasteiger partial charge in [0.2, 0.25) is 10.0 Å². The van der Waals surface area contributed by atoms with Gasteiger partial charge in [0.05, 0.1) is 11.4 Å². The summed E-state index contributed by atoms with van der Waals surface area (Å²) in [6.45, 7) is 1.08. The topological polar surface area (TPSA) is 61.9 Å². The Kier molecular flexibility index (Phi) is 6.96. The molecule has 0 saturated carbocycles. The Morgan fingerprint density at radius 3 is 2.42 bits per heavy atom. The summed E-state index contributed by atoms with van der Waals surface area (Å²) < 4.78 is 31.3.